The molecule has 0 atom stereocenters. The van der Waals surface area contributed by atoms with Crippen LogP contribution in [0.2, 0.25) is 0 Å². The summed E-state index contributed by atoms with van der Waals surface area (Å²) in [5.41, 5.74) is 14.3. The third-order valence-corrected chi connectivity index (χ3v) is 19.9. The number of benzene rings is 8. The van der Waals surface area contributed by atoms with Crippen LogP contribution in [0.4, 0.5) is 34.1 Å². The first kappa shape index (κ1) is 91.0. The topological polar surface area (TPSA) is 233 Å². The number of para-hydroxylation sites is 4. The van der Waals surface area contributed by atoms with Crippen LogP contribution in [0, 0.1) is 22.7 Å². The standard InChI is InChI=1S/2C26H18N2O2S.2C16H24O2.2C4H8O.2Mo/c2*27-18-20(26(29)30)17-24-15-16-25(31-24)19-11-13-23(14-12-19)28(21-7-3-1-4-8-21)22-9-5-2-6-10-22;2*1-9(2)12-7-13(10(3)4)15(16(17)18)14(8-12)11(5)6;2*1-2-4-5-3-1;;/h2*1-17H,(H,29,30);2*7-11H,1-6H3,(H,17,18);2*1-4H2;;/q;;;;;;2*+2/p-4/b2*20-17+;;;;;;. The van der Waals surface area contributed by atoms with Gasteiger partial charge in [0, 0.05) is 91.2 Å². The van der Waals surface area contributed by atoms with Crippen molar-refractivity contribution in [3.8, 4) is 33.0 Å². The number of hydrogen-bond acceptors (Lipinski definition) is 16. The zero-order valence-electron chi connectivity index (χ0n) is 64.6. The molecular formula is C92H96Mo2N4O10S2. The maximum atomic E-state index is 11.4. The average molecular weight is 1670 g/mol. The van der Waals surface area contributed by atoms with Crippen molar-refractivity contribution in [2.24, 2.45) is 0 Å². The first-order valence-electron chi connectivity index (χ1n) is 36.6. The summed E-state index contributed by atoms with van der Waals surface area (Å²) in [4.78, 5) is 52.5. The molecule has 568 valence electrons. The summed E-state index contributed by atoms with van der Waals surface area (Å²) in [6, 6.07) is 75.9. The molecule has 0 aliphatic carbocycles. The number of aromatic carboxylic acids is 2. The molecule has 0 unspecified atom stereocenters. The molecule has 0 N–H and O–H groups in total. The maximum absolute atomic E-state index is 11.4. The van der Waals surface area contributed by atoms with Gasteiger partial charge in [0.2, 0.25) is 0 Å². The van der Waals surface area contributed by atoms with Crippen LogP contribution < -0.4 is 30.2 Å². The Morgan fingerprint density at radius 3 is 0.800 bits per heavy atom. The van der Waals surface area contributed by atoms with Gasteiger partial charge < -0.3 is 58.9 Å². The number of aliphatic carboxylic acids is 2. The third-order valence-electron chi connectivity index (χ3n) is 17.7. The minimum Gasteiger partial charge on any atom is -0.545 e. The third kappa shape index (κ3) is 26.9. The van der Waals surface area contributed by atoms with Crippen molar-refractivity contribution < 1.29 is 91.2 Å². The summed E-state index contributed by atoms with van der Waals surface area (Å²) >= 11 is 2.84. The van der Waals surface area contributed by atoms with Crippen LogP contribution in [-0.2, 0) is 61.2 Å². The Kier molecular flexibility index (Phi) is 38.2. The molecule has 14 nitrogen and oxygen atoms in total. The molecule has 10 aromatic rings. The zero-order valence-corrected chi connectivity index (χ0v) is 70.2. The molecule has 2 aliphatic heterocycles. The molecule has 2 aliphatic rings. The predicted octanol–water partition coefficient (Wildman–Crippen LogP) is 19.5. The van der Waals surface area contributed by atoms with E-state index in [-0.39, 0.29) is 76.9 Å². The van der Waals surface area contributed by atoms with Crippen molar-refractivity contribution in [3.63, 3.8) is 0 Å². The molecule has 12 rings (SSSR count). The van der Waals surface area contributed by atoms with E-state index < -0.39 is 23.9 Å². The number of nitriles is 2. The van der Waals surface area contributed by atoms with E-state index in [4.69, 9.17) is 20.0 Å². The second kappa shape index (κ2) is 46.2. The van der Waals surface area contributed by atoms with Crippen molar-refractivity contribution >= 4 is 92.8 Å². The van der Waals surface area contributed by atoms with Crippen LogP contribution in [0.25, 0.3) is 33.0 Å². The molecule has 4 heterocycles. The molecule has 0 radical (unpaired) electrons. The normalized spacial score (nSPS) is 12.2. The number of thiophene rings is 2. The number of nitrogens with zero attached hydrogens (tertiary/aromatic N) is 4. The largest absolute Gasteiger partial charge is 2.00 e. The molecular weight excluding hydrogens is 1580 g/mol. The van der Waals surface area contributed by atoms with E-state index in [2.05, 4.69) is 110 Å². The number of carbonyl (C=O) groups excluding carboxylic acids is 4. The average Bonchev–Trinajstić information content (AvgIpc) is 0.952. The van der Waals surface area contributed by atoms with Gasteiger partial charge in [-0.1, -0.05) is 204 Å². The van der Waals surface area contributed by atoms with Gasteiger partial charge in [0.1, 0.15) is 12.1 Å². The van der Waals surface area contributed by atoms with E-state index in [0.717, 1.165) is 104 Å². The van der Waals surface area contributed by atoms with Gasteiger partial charge in [-0.3, -0.25) is 0 Å². The fourth-order valence-electron chi connectivity index (χ4n) is 11.9. The fourth-order valence-corrected chi connectivity index (χ4v) is 13.8. The number of carboxylic acid groups (broad SMARTS) is 4. The van der Waals surface area contributed by atoms with Gasteiger partial charge >= 0.3 is 42.1 Å². The van der Waals surface area contributed by atoms with Gasteiger partial charge in [-0.25, -0.2) is 0 Å². The maximum Gasteiger partial charge on any atom is 2.00 e. The van der Waals surface area contributed by atoms with Crippen molar-refractivity contribution in [2.75, 3.05) is 36.2 Å². The summed E-state index contributed by atoms with van der Waals surface area (Å²) < 4.78 is 9.89. The smallest absolute Gasteiger partial charge is 0.545 e. The molecule has 0 bridgehead atoms. The number of rotatable bonds is 20. The fraction of sp³-hybridized carbons (Fsp3) is 0.283. The van der Waals surface area contributed by atoms with Crippen LogP contribution in [0.3, 0.4) is 0 Å². The Bertz CT molecular complexity index is 4240. The Labute approximate surface area is 686 Å². The Hall–Kier alpha value is -9.60. The summed E-state index contributed by atoms with van der Waals surface area (Å²) in [6.45, 7) is 28.7. The minimum atomic E-state index is -1.47. The summed E-state index contributed by atoms with van der Waals surface area (Å²) in [5.74, 6) is -3.50. The molecule has 2 fully saturated rings. The van der Waals surface area contributed by atoms with E-state index in [0.29, 0.717) is 32.7 Å². The molecule has 18 heteroatoms. The van der Waals surface area contributed by atoms with Crippen LogP contribution in [-0.4, -0.2) is 50.3 Å². The predicted molar refractivity (Wildman–Crippen MR) is 432 cm³/mol. The Morgan fingerprint density at radius 2 is 0.609 bits per heavy atom. The molecule has 8 aromatic carbocycles. The quantitative estimate of drug-likeness (QED) is 0.0392. The summed E-state index contributed by atoms with van der Waals surface area (Å²) in [5, 5.41) is 62.6. The first-order chi connectivity index (χ1) is 51.8. The first-order valence-corrected chi connectivity index (χ1v) is 38.3. The SMILES string of the molecule is C1CCOC1.C1CCOC1.CC(C)c1cc(C(C)C)c(C(=O)[O-])c(C(C)C)c1.CC(C)c1cc(C(C)C)c(C(=O)[O-])c(C(C)C)c1.N#C/C(=C\c1ccc(-c2ccc(N(c3ccccc3)c3ccccc3)cc2)s1)C(=O)[O-].N#C/C(=C\c1ccc(-c2ccc(N(c3ccccc3)c3ccccc3)cc2)s1)C(=O)[O-].[Mo+2].[Mo+2]. The van der Waals surface area contributed by atoms with E-state index in [9.17, 15) is 39.6 Å². The molecule has 0 saturated carbocycles. The zero-order chi connectivity index (χ0) is 78.4. The number of hydrogen-bond donors (Lipinski definition) is 0. The van der Waals surface area contributed by atoms with Crippen molar-refractivity contribution in [2.45, 2.75) is 144 Å². The molecule has 110 heavy (non-hydrogen) atoms. The van der Waals surface area contributed by atoms with Crippen LogP contribution in [0.5, 0.6) is 0 Å². The van der Waals surface area contributed by atoms with Gasteiger partial charge in [0.05, 0.1) is 35.0 Å². The summed E-state index contributed by atoms with van der Waals surface area (Å²) in [7, 11) is 0. The van der Waals surface area contributed by atoms with Crippen LogP contribution in [0.1, 0.15) is 208 Å². The van der Waals surface area contributed by atoms with Crippen molar-refractivity contribution in [1.82, 2.24) is 0 Å². The molecule has 0 spiro atoms. The monoisotopic (exact) mass is 1680 g/mol. The Morgan fingerprint density at radius 1 is 0.364 bits per heavy atom. The van der Waals surface area contributed by atoms with Crippen LogP contribution >= 0.6 is 22.7 Å². The number of carboxylic acids is 4. The second-order valence-corrected chi connectivity index (χ2v) is 29.9. The number of carbonyl (C=O) groups is 4. The molecule has 0 amide bonds. The Balaban J connectivity index is 0.000000256. The minimum absolute atomic E-state index is 0. The molecule has 2 saturated heterocycles. The van der Waals surface area contributed by atoms with E-state index in [1.54, 1.807) is 24.3 Å². The van der Waals surface area contributed by atoms with Crippen LogP contribution in [0.15, 0.2) is 230 Å². The molecule has 2 aromatic heterocycles. The van der Waals surface area contributed by atoms with E-state index in [1.807, 2.05) is 189 Å². The van der Waals surface area contributed by atoms with Gasteiger partial charge in [-0.15, -0.1) is 22.7 Å². The van der Waals surface area contributed by atoms with Gasteiger partial charge in [0.15, 0.2) is 0 Å². The summed E-state index contributed by atoms with van der Waals surface area (Å²) in [6.07, 6.45) is 7.79. The van der Waals surface area contributed by atoms with Gasteiger partial charge in [-0.2, -0.15) is 10.5 Å². The number of ether oxygens (including phenoxy) is 2. The van der Waals surface area contributed by atoms with Gasteiger partial charge in [-0.05, 0) is 215 Å². The number of anilines is 6. The van der Waals surface area contributed by atoms with E-state index in [1.165, 1.54) is 71.6 Å². The van der Waals surface area contributed by atoms with Crippen molar-refractivity contribution in [3.05, 3.63) is 284 Å². The van der Waals surface area contributed by atoms with Gasteiger partial charge in [0.25, 0.3) is 0 Å². The van der Waals surface area contributed by atoms with E-state index >= 15 is 0 Å². The van der Waals surface area contributed by atoms with Crippen molar-refractivity contribution in [1.29, 1.82) is 10.5 Å². The second-order valence-electron chi connectivity index (χ2n) is 27.7.